The van der Waals surface area contributed by atoms with Crippen molar-refractivity contribution in [3.05, 3.63) is 34.4 Å². The standard InChI is InChI=1S/C24H33NO3S/c1-7-10-19-15-17(2)22(18(3)16-19)23-20(26)11-8-13-25(14-9-12-21(23)27)29(28)24(4,5)6/h15-16,23H,8-9,11-14H2,1-6H3. The summed E-state index contributed by atoms with van der Waals surface area (Å²) in [7, 11) is 0. The van der Waals surface area contributed by atoms with E-state index in [1.807, 2.05) is 51.1 Å². The van der Waals surface area contributed by atoms with Gasteiger partial charge in [0, 0.05) is 42.9 Å². The van der Waals surface area contributed by atoms with Gasteiger partial charge in [0.15, 0.2) is 0 Å². The first kappa shape index (κ1) is 23.7. The fourth-order valence-electron chi connectivity index (χ4n) is 3.96. The van der Waals surface area contributed by atoms with Crippen molar-refractivity contribution in [2.45, 2.75) is 77.9 Å². The SMILES string of the molecule is CC#Cc1cc(C)c(C2C(=O)CCCN([S+]([O-])C(C)(C)C)CCCC2=O)c(C)c1. The normalized spacial score (nSPS) is 18.9. The largest absolute Gasteiger partial charge is 0.598 e. The molecule has 1 saturated heterocycles. The molecular weight excluding hydrogens is 382 g/mol. The van der Waals surface area contributed by atoms with Crippen molar-refractivity contribution in [2.75, 3.05) is 13.1 Å². The number of benzene rings is 1. The molecule has 0 radical (unpaired) electrons. The Hall–Kier alpha value is -1.61. The summed E-state index contributed by atoms with van der Waals surface area (Å²) in [6.07, 6.45) is 1.87. The topological polar surface area (TPSA) is 60.4 Å². The van der Waals surface area contributed by atoms with Gasteiger partial charge in [0.1, 0.15) is 22.2 Å². The Balaban J connectivity index is 2.28. The molecule has 2 rings (SSSR count). The minimum Gasteiger partial charge on any atom is -0.598 e. The van der Waals surface area contributed by atoms with Crippen molar-refractivity contribution in [2.24, 2.45) is 0 Å². The molecule has 0 aromatic heterocycles. The first-order valence-corrected chi connectivity index (χ1v) is 11.4. The highest BCUT2D eigenvalue weighted by Gasteiger charge is 2.35. The molecule has 1 aromatic carbocycles. The Morgan fingerprint density at radius 3 is 1.93 bits per heavy atom. The first-order chi connectivity index (χ1) is 13.6. The van der Waals surface area contributed by atoms with Gasteiger partial charge in [-0.25, -0.2) is 0 Å². The van der Waals surface area contributed by atoms with E-state index >= 15 is 0 Å². The van der Waals surface area contributed by atoms with E-state index in [0.717, 1.165) is 22.3 Å². The van der Waals surface area contributed by atoms with Crippen LogP contribution in [-0.2, 0) is 21.0 Å². The van der Waals surface area contributed by atoms with Gasteiger partial charge < -0.3 is 4.55 Å². The Bertz CT molecular complexity index is 784. The van der Waals surface area contributed by atoms with Crippen molar-refractivity contribution < 1.29 is 14.1 Å². The molecule has 29 heavy (non-hydrogen) atoms. The van der Waals surface area contributed by atoms with E-state index in [1.54, 1.807) is 6.92 Å². The van der Waals surface area contributed by atoms with Gasteiger partial charge >= 0.3 is 0 Å². The summed E-state index contributed by atoms with van der Waals surface area (Å²) in [5.41, 5.74) is 3.65. The van der Waals surface area contributed by atoms with E-state index < -0.39 is 17.3 Å². The molecule has 0 N–H and O–H groups in total. The summed E-state index contributed by atoms with van der Waals surface area (Å²) in [6, 6.07) is 3.93. The average molecular weight is 416 g/mol. The minimum atomic E-state index is -1.14. The van der Waals surface area contributed by atoms with Crippen LogP contribution in [0.1, 0.15) is 81.5 Å². The van der Waals surface area contributed by atoms with Crippen molar-refractivity contribution in [1.82, 2.24) is 4.31 Å². The smallest absolute Gasteiger partial charge is 0.147 e. The van der Waals surface area contributed by atoms with Gasteiger partial charge in [0.2, 0.25) is 0 Å². The van der Waals surface area contributed by atoms with Gasteiger partial charge in [-0.1, -0.05) is 5.92 Å². The van der Waals surface area contributed by atoms with Gasteiger partial charge in [-0.2, -0.15) is 0 Å². The lowest BCUT2D eigenvalue weighted by atomic mass is 9.81. The van der Waals surface area contributed by atoms with Crippen LogP contribution in [-0.4, -0.2) is 38.3 Å². The molecular formula is C24H33NO3S. The highest BCUT2D eigenvalue weighted by Crippen LogP contribution is 2.31. The molecule has 1 atom stereocenters. The summed E-state index contributed by atoms with van der Waals surface area (Å²) in [5, 5.41) is 0. The number of aryl methyl sites for hydroxylation is 2. The van der Waals surface area contributed by atoms with E-state index in [-0.39, 0.29) is 16.3 Å². The third kappa shape index (κ3) is 5.94. The molecule has 1 unspecified atom stereocenters. The Morgan fingerprint density at radius 2 is 1.52 bits per heavy atom. The molecule has 0 saturated carbocycles. The van der Waals surface area contributed by atoms with Crippen LogP contribution in [0.3, 0.4) is 0 Å². The first-order valence-electron chi connectivity index (χ1n) is 10.3. The lowest BCUT2D eigenvalue weighted by Gasteiger charge is -2.33. The van der Waals surface area contributed by atoms with E-state index in [2.05, 4.69) is 11.8 Å². The second-order valence-corrected chi connectivity index (χ2v) is 11.0. The average Bonchev–Trinajstić information content (AvgIpc) is 2.61. The van der Waals surface area contributed by atoms with Crippen LogP contribution in [0.2, 0.25) is 0 Å². The number of carbonyl (C=O) groups excluding carboxylic acids is 2. The maximum Gasteiger partial charge on any atom is 0.147 e. The van der Waals surface area contributed by atoms with E-state index in [0.29, 0.717) is 38.8 Å². The Morgan fingerprint density at radius 1 is 1.03 bits per heavy atom. The predicted molar refractivity (Wildman–Crippen MR) is 119 cm³/mol. The number of hydrogen-bond acceptors (Lipinski definition) is 4. The van der Waals surface area contributed by atoms with E-state index in [1.165, 1.54) is 0 Å². The molecule has 1 aromatic rings. The monoisotopic (exact) mass is 415 g/mol. The van der Waals surface area contributed by atoms with Gasteiger partial charge in [0.05, 0.1) is 0 Å². The number of nitrogens with zero attached hydrogens (tertiary/aromatic N) is 1. The third-order valence-electron chi connectivity index (χ3n) is 5.22. The molecule has 1 fully saturated rings. The fraction of sp³-hybridized carbons (Fsp3) is 0.583. The minimum absolute atomic E-state index is 0.0288. The van der Waals surface area contributed by atoms with Crippen LogP contribution in [0.25, 0.3) is 0 Å². The molecule has 1 heterocycles. The van der Waals surface area contributed by atoms with Crippen LogP contribution in [0, 0.1) is 25.7 Å². The summed E-state index contributed by atoms with van der Waals surface area (Å²) in [6.45, 7) is 12.8. The highest BCUT2D eigenvalue weighted by molar-refractivity contribution is 7.90. The predicted octanol–water partition coefficient (Wildman–Crippen LogP) is 4.23. The van der Waals surface area contributed by atoms with Gasteiger partial charge in [0.25, 0.3) is 0 Å². The number of carbonyl (C=O) groups is 2. The molecule has 0 spiro atoms. The molecule has 5 heteroatoms. The van der Waals surface area contributed by atoms with Gasteiger partial charge in [-0.3, -0.25) is 9.59 Å². The molecule has 1 aliphatic heterocycles. The van der Waals surface area contributed by atoms with E-state index in [4.69, 9.17) is 0 Å². The van der Waals surface area contributed by atoms with Crippen molar-refractivity contribution in [1.29, 1.82) is 0 Å². The van der Waals surface area contributed by atoms with Crippen LogP contribution in [0.5, 0.6) is 0 Å². The summed E-state index contributed by atoms with van der Waals surface area (Å²) in [4.78, 5) is 26.2. The van der Waals surface area contributed by atoms with Gasteiger partial charge in [-0.15, -0.1) is 10.2 Å². The van der Waals surface area contributed by atoms with Crippen LogP contribution >= 0.6 is 0 Å². The van der Waals surface area contributed by atoms with Gasteiger partial charge in [-0.05, 0) is 83.2 Å². The second kappa shape index (κ2) is 9.93. The zero-order chi connectivity index (χ0) is 21.8. The summed E-state index contributed by atoms with van der Waals surface area (Å²) >= 11 is -1.14. The number of ketones is 2. The molecule has 0 bridgehead atoms. The van der Waals surface area contributed by atoms with Crippen molar-refractivity contribution in [3.8, 4) is 11.8 Å². The van der Waals surface area contributed by atoms with E-state index in [9.17, 15) is 14.1 Å². The van der Waals surface area contributed by atoms with Crippen LogP contribution < -0.4 is 0 Å². The van der Waals surface area contributed by atoms with Crippen LogP contribution in [0.4, 0.5) is 0 Å². The molecule has 1 aliphatic rings. The Labute approximate surface area is 178 Å². The zero-order valence-corrected chi connectivity index (χ0v) is 19.4. The molecule has 0 aliphatic carbocycles. The molecule has 4 nitrogen and oxygen atoms in total. The maximum absolute atomic E-state index is 13.1. The quantitative estimate of drug-likeness (QED) is 0.412. The van der Waals surface area contributed by atoms with Crippen LogP contribution in [0.15, 0.2) is 12.1 Å². The third-order valence-corrected chi connectivity index (χ3v) is 7.10. The Kier molecular flexibility index (Phi) is 8.10. The lowest BCUT2D eigenvalue weighted by molar-refractivity contribution is -0.129. The fourth-order valence-corrected chi connectivity index (χ4v) is 5.33. The van der Waals surface area contributed by atoms with Crippen molar-refractivity contribution >= 4 is 22.9 Å². The lowest BCUT2D eigenvalue weighted by Crippen LogP contribution is -2.44. The molecule has 0 amide bonds. The summed E-state index contributed by atoms with van der Waals surface area (Å²) in [5.74, 6) is 5.20. The molecule has 158 valence electrons. The zero-order valence-electron chi connectivity index (χ0n) is 18.6. The number of rotatable bonds is 2. The second-order valence-electron chi connectivity index (χ2n) is 8.76. The number of hydrogen-bond donors (Lipinski definition) is 0. The maximum atomic E-state index is 13.1. The van der Waals surface area contributed by atoms with Crippen molar-refractivity contribution in [3.63, 3.8) is 0 Å². The summed E-state index contributed by atoms with van der Waals surface area (Å²) < 4.78 is 14.3. The highest BCUT2D eigenvalue weighted by atomic mass is 32.2. The number of Topliss-reactive ketones (excluding diaryl/α,β-unsaturated/α-hetero) is 2.